The topological polar surface area (TPSA) is 84.0 Å². The number of carbonyl (C=O) groups excluding carboxylic acids is 1. The molecule has 0 spiro atoms. The molecule has 1 fully saturated rings. The maximum Gasteiger partial charge on any atom is 0.272 e. The number of likely N-dealkylation sites (tertiary alicyclic amines) is 1. The van der Waals surface area contributed by atoms with Crippen LogP contribution in [-0.4, -0.2) is 50.4 Å². The zero-order valence-corrected chi connectivity index (χ0v) is 13.5. The summed E-state index contributed by atoms with van der Waals surface area (Å²) in [6.45, 7) is 1.17. The fourth-order valence-electron chi connectivity index (χ4n) is 2.89. The minimum absolute atomic E-state index is 0.0695. The van der Waals surface area contributed by atoms with Crippen LogP contribution >= 0.6 is 0 Å². The summed E-state index contributed by atoms with van der Waals surface area (Å²) in [5, 5.41) is 14.8. The summed E-state index contributed by atoms with van der Waals surface area (Å²) in [6.07, 6.45) is 2.29. The van der Waals surface area contributed by atoms with Crippen LogP contribution in [0.3, 0.4) is 0 Å². The van der Waals surface area contributed by atoms with Gasteiger partial charge in [0.2, 0.25) is 5.88 Å². The van der Waals surface area contributed by atoms with Crippen molar-refractivity contribution in [2.75, 3.05) is 13.1 Å². The lowest BCUT2D eigenvalue weighted by atomic mass is 10.1. The summed E-state index contributed by atoms with van der Waals surface area (Å²) >= 11 is 0. The Morgan fingerprint density at radius 3 is 2.88 bits per heavy atom. The van der Waals surface area contributed by atoms with Crippen molar-refractivity contribution in [2.45, 2.75) is 12.5 Å². The minimum Gasteiger partial charge on any atom is -0.471 e. The predicted octanol–water partition coefficient (Wildman–Crippen LogP) is 2.16. The van der Waals surface area contributed by atoms with Crippen LogP contribution < -0.4 is 4.74 Å². The van der Waals surface area contributed by atoms with Crippen LogP contribution in [0, 0.1) is 0 Å². The highest BCUT2D eigenvalue weighted by atomic mass is 16.5. The molecule has 1 amide bonds. The molecule has 1 aliphatic heterocycles. The van der Waals surface area contributed by atoms with Crippen LogP contribution in [0.2, 0.25) is 0 Å². The molecule has 1 atom stereocenters. The SMILES string of the molecule is O=C(c1cc(-c2ccccc2)n[nH]1)N1CCC(Oc2cccnn2)C1. The number of benzene rings is 1. The van der Waals surface area contributed by atoms with Gasteiger partial charge in [0.25, 0.3) is 5.91 Å². The van der Waals surface area contributed by atoms with E-state index in [2.05, 4.69) is 20.4 Å². The standard InChI is InChI=1S/C18H17N5O2/c24-18(16-11-15(20-21-16)13-5-2-1-3-6-13)23-10-8-14(12-23)25-17-7-4-9-19-22-17/h1-7,9,11,14H,8,10,12H2,(H,20,21). The lowest BCUT2D eigenvalue weighted by molar-refractivity contribution is 0.0765. The molecule has 1 unspecified atom stereocenters. The van der Waals surface area contributed by atoms with Gasteiger partial charge < -0.3 is 9.64 Å². The second-order valence-electron chi connectivity index (χ2n) is 5.87. The second kappa shape index (κ2) is 6.72. The van der Waals surface area contributed by atoms with Crippen molar-refractivity contribution in [1.82, 2.24) is 25.3 Å². The fraction of sp³-hybridized carbons (Fsp3) is 0.222. The number of carbonyl (C=O) groups is 1. The van der Waals surface area contributed by atoms with Gasteiger partial charge in [-0.2, -0.15) is 10.2 Å². The highest BCUT2D eigenvalue weighted by Gasteiger charge is 2.29. The molecule has 3 heterocycles. The monoisotopic (exact) mass is 335 g/mol. The van der Waals surface area contributed by atoms with Crippen molar-refractivity contribution in [2.24, 2.45) is 0 Å². The van der Waals surface area contributed by atoms with Crippen LogP contribution in [0.25, 0.3) is 11.3 Å². The van der Waals surface area contributed by atoms with Gasteiger partial charge in [-0.1, -0.05) is 30.3 Å². The molecular weight excluding hydrogens is 318 g/mol. The van der Waals surface area contributed by atoms with Crippen LogP contribution in [0.5, 0.6) is 5.88 Å². The molecule has 0 radical (unpaired) electrons. The first kappa shape index (κ1) is 15.3. The maximum atomic E-state index is 12.7. The average molecular weight is 335 g/mol. The van der Waals surface area contributed by atoms with E-state index in [4.69, 9.17) is 4.74 Å². The van der Waals surface area contributed by atoms with Gasteiger partial charge in [0.15, 0.2) is 0 Å². The van der Waals surface area contributed by atoms with Gasteiger partial charge in [-0.25, -0.2) is 0 Å². The number of hydrogen-bond acceptors (Lipinski definition) is 5. The molecule has 0 aliphatic carbocycles. The van der Waals surface area contributed by atoms with E-state index < -0.39 is 0 Å². The van der Waals surface area contributed by atoms with Crippen molar-refractivity contribution < 1.29 is 9.53 Å². The lowest BCUT2D eigenvalue weighted by Crippen LogP contribution is -2.31. The summed E-state index contributed by atoms with van der Waals surface area (Å²) in [6, 6.07) is 15.1. The molecule has 0 saturated carbocycles. The Bertz CT molecular complexity index is 850. The molecule has 7 nitrogen and oxygen atoms in total. The normalized spacial score (nSPS) is 16.8. The molecule has 1 aromatic carbocycles. The number of hydrogen-bond donors (Lipinski definition) is 1. The molecule has 1 saturated heterocycles. The van der Waals surface area contributed by atoms with Gasteiger partial charge in [-0.15, -0.1) is 5.10 Å². The molecule has 126 valence electrons. The average Bonchev–Trinajstić information content (AvgIpc) is 3.33. The second-order valence-corrected chi connectivity index (χ2v) is 5.87. The van der Waals surface area contributed by atoms with E-state index in [1.54, 1.807) is 29.3 Å². The Morgan fingerprint density at radius 1 is 1.20 bits per heavy atom. The van der Waals surface area contributed by atoms with Crippen molar-refractivity contribution in [3.8, 4) is 17.1 Å². The number of rotatable bonds is 4. The highest BCUT2D eigenvalue weighted by Crippen LogP contribution is 2.20. The number of nitrogens with zero attached hydrogens (tertiary/aromatic N) is 4. The first-order valence-corrected chi connectivity index (χ1v) is 8.14. The van der Waals surface area contributed by atoms with Crippen molar-refractivity contribution >= 4 is 5.91 Å². The summed E-state index contributed by atoms with van der Waals surface area (Å²) in [4.78, 5) is 14.4. The van der Waals surface area contributed by atoms with Crippen LogP contribution in [0.15, 0.2) is 54.7 Å². The Labute approximate surface area is 144 Å². The van der Waals surface area contributed by atoms with Gasteiger partial charge in [0.1, 0.15) is 11.8 Å². The van der Waals surface area contributed by atoms with Gasteiger partial charge >= 0.3 is 0 Å². The first-order chi connectivity index (χ1) is 12.3. The van der Waals surface area contributed by atoms with E-state index in [-0.39, 0.29) is 12.0 Å². The van der Waals surface area contributed by atoms with Crippen LogP contribution in [-0.2, 0) is 0 Å². The van der Waals surface area contributed by atoms with Gasteiger partial charge in [-0.3, -0.25) is 9.89 Å². The molecule has 4 rings (SSSR count). The van der Waals surface area contributed by atoms with Crippen molar-refractivity contribution in [1.29, 1.82) is 0 Å². The van der Waals surface area contributed by atoms with E-state index in [1.807, 2.05) is 30.3 Å². The molecule has 1 N–H and O–H groups in total. The molecule has 3 aromatic rings. The molecule has 25 heavy (non-hydrogen) atoms. The number of amides is 1. The van der Waals surface area contributed by atoms with E-state index >= 15 is 0 Å². The molecule has 0 bridgehead atoms. The Balaban J connectivity index is 1.41. The number of aromatic nitrogens is 4. The number of ether oxygens (including phenoxy) is 1. The van der Waals surface area contributed by atoms with Gasteiger partial charge in [-0.05, 0) is 12.1 Å². The van der Waals surface area contributed by atoms with Crippen LogP contribution in [0.1, 0.15) is 16.9 Å². The molecular formula is C18H17N5O2. The zero-order chi connectivity index (χ0) is 17.1. The fourth-order valence-corrected chi connectivity index (χ4v) is 2.89. The highest BCUT2D eigenvalue weighted by molar-refractivity contribution is 5.93. The summed E-state index contributed by atoms with van der Waals surface area (Å²) in [5.74, 6) is 0.412. The number of nitrogens with one attached hydrogen (secondary N) is 1. The zero-order valence-electron chi connectivity index (χ0n) is 13.5. The lowest BCUT2D eigenvalue weighted by Gasteiger charge is -2.15. The van der Waals surface area contributed by atoms with Gasteiger partial charge in [0, 0.05) is 30.8 Å². The molecule has 7 heteroatoms. The quantitative estimate of drug-likeness (QED) is 0.790. The Hall–Kier alpha value is -3.22. The first-order valence-electron chi connectivity index (χ1n) is 8.14. The Morgan fingerprint density at radius 2 is 2.08 bits per heavy atom. The number of H-pyrrole nitrogens is 1. The third kappa shape index (κ3) is 3.35. The maximum absolute atomic E-state index is 12.7. The summed E-state index contributed by atoms with van der Waals surface area (Å²) < 4.78 is 5.77. The third-order valence-electron chi connectivity index (χ3n) is 4.15. The van der Waals surface area contributed by atoms with E-state index in [0.717, 1.165) is 17.7 Å². The van der Waals surface area contributed by atoms with Gasteiger partial charge in [0.05, 0.1) is 12.2 Å². The largest absolute Gasteiger partial charge is 0.471 e. The smallest absolute Gasteiger partial charge is 0.272 e. The molecule has 2 aromatic heterocycles. The third-order valence-corrected chi connectivity index (χ3v) is 4.15. The van der Waals surface area contributed by atoms with E-state index in [0.29, 0.717) is 24.7 Å². The Kier molecular flexibility index (Phi) is 4.12. The summed E-state index contributed by atoms with van der Waals surface area (Å²) in [7, 11) is 0. The van der Waals surface area contributed by atoms with Crippen LogP contribution in [0.4, 0.5) is 0 Å². The van der Waals surface area contributed by atoms with E-state index in [9.17, 15) is 4.79 Å². The van der Waals surface area contributed by atoms with Crippen molar-refractivity contribution in [3.63, 3.8) is 0 Å². The van der Waals surface area contributed by atoms with E-state index in [1.165, 1.54) is 0 Å². The predicted molar refractivity (Wildman–Crippen MR) is 91.0 cm³/mol. The van der Waals surface area contributed by atoms with Crippen molar-refractivity contribution in [3.05, 3.63) is 60.4 Å². The molecule has 1 aliphatic rings. The summed E-state index contributed by atoms with van der Waals surface area (Å²) in [5.41, 5.74) is 2.22. The number of aromatic amines is 1. The minimum atomic E-state index is -0.0721.